The van der Waals surface area contributed by atoms with Crippen LogP contribution in [0.3, 0.4) is 0 Å². The molecule has 98 valence electrons. The number of unbranched alkanes of at least 4 members (excludes halogenated alkanes) is 1. The Hall–Kier alpha value is -1.10. The van der Waals surface area contributed by atoms with Gasteiger partial charge in [-0.2, -0.15) is 0 Å². The van der Waals surface area contributed by atoms with Gasteiger partial charge in [0, 0.05) is 6.54 Å². The molecule has 5 nitrogen and oxygen atoms in total. The van der Waals surface area contributed by atoms with Crippen LogP contribution < -0.4 is 5.73 Å². The van der Waals surface area contributed by atoms with Crippen LogP contribution in [-0.2, 0) is 9.59 Å². The van der Waals surface area contributed by atoms with Crippen LogP contribution in [0.15, 0.2) is 0 Å². The van der Waals surface area contributed by atoms with Gasteiger partial charge in [0.25, 0.3) is 0 Å². The second kappa shape index (κ2) is 6.59. The third-order valence-electron chi connectivity index (χ3n) is 3.41. The summed E-state index contributed by atoms with van der Waals surface area (Å²) in [5, 5.41) is 9.22. The van der Waals surface area contributed by atoms with E-state index in [2.05, 4.69) is 0 Å². The summed E-state index contributed by atoms with van der Waals surface area (Å²) in [4.78, 5) is 24.3. The molecule has 0 bridgehead atoms. The van der Waals surface area contributed by atoms with E-state index < -0.39 is 12.0 Å². The number of likely N-dealkylation sites (tertiary alicyclic amines) is 1. The summed E-state index contributed by atoms with van der Waals surface area (Å²) in [6, 6.07) is -0.461. The van der Waals surface area contributed by atoms with Gasteiger partial charge in [-0.1, -0.05) is 19.8 Å². The zero-order chi connectivity index (χ0) is 12.8. The Morgan fingerprint density at radius 1 is 1.53 bits per heavy atom. The molecule has 1 aliphatic rings. The lowest BCUT2D eigenvalue weighted by atomic mass is 9.95. The predicted octanol–water partition coefficient (Wildman–Crippen LogP) is 0.827. The van der Waals surface area contributed by atoms with Crippen molar-refractivity contribution in [3.05, 3.63) is 0 Å². The molecule has 0 aromatic rings. The fourth-order valence-electron chi connectivity index (χ4n) is 2.38. The first kappa shape index (κ1) is 14.0. The minimum Gasteiger partial charge on any atom is -0.480 e. The van der Waals surface area contributed by atoms with Gasteiger partial charge in [-0.05, 0) is 25.8 Å². The van der Waals surface area contributed by atoms with E-state index in [1.807, 2.05) is 11.8 Å². The number of carboxylic acid groups (broad SMARTS) is 1. The van der Waals surface area contributed by atoms with Crippen LogP contribution in [0, 0.1) is 5.92 Å². The Morgan fingerprint density at radius 2 is 2.24 bits per heavy atom. The first-order valence-electron chi connectivity index (χ1n) is 6.32. The summed E-state index contributed by atoms with van der Waals surface area (Å²) < 4.78 is 0. The van der Waals surface area contributed by atoms with E-state index in [-0.39, 0.29) is 11.8 Å². The average Bonchev–Trinajstić information content (AvgIpc) is 2.29. The lowest BCUT2D eigenvalue weighted by molar-refractivity contribution is -0.145. The number of rotatable bonds is 6. The van der Waals surface area contributed by atoms with Crippen molar-refractivity contribution in [2.24, 2.45) is 11.7 Å². The molecule has 0 aromatic heterocycles. The average molecular weight is 242 g/mol. The molecule has 0 saturated carbocycles. The summed E-state index contributed by atoms with van der Waals surface area (Å²) in [6.07, 6.45) is 4.17. The molecule has 3 N–H and O–H groups in total. The normalized spacial score (nSPS) is 23.2. The van der Waals surface area contributed by atoms with Crippen LogP contribution in [0.4, 0.5) is 0 Å². The Labute approximate surface area is 102 Å². The molecule has 0 radical (unpaired) electrons. The van der Waals surface area contributed by atoms with Crippen LogP contribution >= 0.6 is 0 Å². The van der Waals surface area contributed by atoms with Gasteiger partial charge >= 0.3 is 5.97 Å². The number of amides is 1. The van der Waals surface area contributed by atoms with Gasteiger partial charge in [-0.3, -0.25) is 14.5 Å². The topological polar surface area (TPSA) is 83.6 Å². The molecular formula is C12H22N2O3. The number of carbonyl (C=O) groups excluding carboxylic acids is 1. The molecule has 0 aliphatic carbocycles. The van der Waals surface area contributed by atoms with Crippen molar-refractivity contribution in [2.75, 3.05) is 13.1 Å². The Morgan fingerprint density at radius 3 is 2.76 bits per heavy atom. The van der Waals surface area contributed by atoms with Crippen molar-refractivity contribution < 1.29 is 14.7 Å². The van der Waals surface area contributed by atoms with E-state index in [4.69, 9.17) is 5.73 Å². The van der Waals surface area contributed by atoms with Crippen LogP contribution in [0.5, 0.6) is 0 Å². The van der Waals surface area contributed by atoms with Gasteiger partial charge in [0.05, 0.1) is 5.92 Å². The smallest absolute Gasteiger partial charge is 0.320 e. The lowest BCUT2D eigenvalue weighted by Gasteiger charge is -2.35. The number of carboxylic acids is 1. The molecule has 1 saturated heterocycles. The van der Waals surface area contributed by atoms with Crippen molar-refractivity contribution in [1.29, 1.82) is 0 Å². The number of hydrogen-bond acceptors (Lipinski definition) is 3. The fourth-order valence-corrected chi connectivity index (χ4v) is 2.38. The van der Waals surface area contributed by atoms with Crippen molar-refractivity contribution in [3.8, 4) is 0 Å². The zero-order valence-corrected chi connectivity index (χ0v) is 10.4. The first-order valence-corrected chi connectivity index (χ1v) is 6.32. The summed E-state index contributed by atoms with van der Waals surface area (Å²) in [7, 11) is 0. The molecule has 0 aromatic carbocycles. The Balaban J connectivity index is 2.60. The van der Waals surface area contributed by atoms with E-state index in [1.54, 1.807) is 0 Å². The molecular weight excluding hydrogens is 220 g/mol. The van der Waals surface area contributed by atoms with Gasteiger partial charge in [0.1, 0.15) is 6.04 Å². The maximum absolute atomic E-state index is 11.2. The van der Waals surface area contributed by atoms with E-state index in [0.29, 0.717) is 13.0 Å². The summed E-state index contributed by atoms with van der Waals surface area (Å²) in [5.74, 6) is -1.29. The molecule has 1 rings (SSSR count). The minimum absolute atomic E-state index is 0.188. The summed E-state index contributed by atoms with van der Waals surface area (Å²) in [6.45, 7) is 3.29. The third kappa shape index (κ3) is 4.00. The fraction of sp³-hybridized carbons (Fsp3) is 0.833. The lowest BCUT2D eigenvalue weighted by Crippen LogP contribution is -2.49. The number of nitrogens with two attached hydrogens (primary N) is 1. The number of aliphatic carboxylic acids is 1. The second-order valence-corrected chi connectivity index (χ2v) is 4.73. The predicted molar refractivity (Wildman–Crippen MR) is 64.4 cm³/mol. The van der Waals surface area contributed by atoms with Crippen LogP contribution in [0.1, 0.15) is 39.0 Å². The quantitative estimate of drug-likeness (QED) is 0.722. The molecule has 2 atom stereocenters. The zero-order valence-electron chi connectivity index (χ0n) is 10.4. The Kier molecular flexibility index (Phi) is 5.41. The van der Waals surface area contributed by atoms with Crippen molar-refractivity contribution >= 4 is 11.9 Å². The number of hydrogen-bond donors (Lipinski definition) is 2. The molecule has 1 aliphatic heterocycles. The van der Waals surface area contributed by atoms with Gasteiger partial charge in [0.15, 0.2) is 0 Å². The van der Waals surface area contributed by atoms with Crippen molar-refractivity contribution in [3.63, 3.8) is 0 Å². The summed E-state index contributed by atoms with van der Waals surface area (Å²) in [5.41, 5.74) is 5.29. The van der Waals surface area contributed by atoms with E-state index in [1.165, 1.54) is 0 Å². The highest BCUT2D eigenvalue weighted by molar-refractivity contribution is 5.77. The molecule has 1 amide bonds. The molecule has 17 heavy (non-hydrogen) atoms. The third-order valence-corrected chi connectivity index (χ3v) is 3.41. The molecule has 1 fully saturated rings. The maximum Gasteiger partial charge on any atom is 0.320 e. The van der Waals surface area contributed by atoms with E-state index in [0.717, 1.165) is 32.2 Å². The summed E-state index contributed by atoms with van der Waals surface area (Å²) >= 11 is 0. The monoisotopic (exact) mass is 242 g/mol. The van der Waals surface area contributed by atoms with Crippen LogP contribution in [0.25, 0.3) is 0 Å². The maximum atomic E-state index is 11.2. The Bertz CT molecular complexity index is 281. The van der Waals surface area contributed by atoms with Gasteiger partial charge in [-0.15, -0.1) is 0 Å². The SMILES string of the molecule is CCCCC(C(=O)O)N1CCCC(C(N)=O)C1. The number of primary amides is 1. The molecule has 5 heteroatoms. The van der Waals surface area contributed by atoms with Crippen LogP contribution in [0.2, 0.25) is 0 Å². The standard InChI is InChI=1S/C12H22N2O3/c1-2-3-6-10(12(16)17)14-7-4-5-9(8-14)11(13)15/h9-10H,2-8H2,1H3,(H2,13,15)(H,16,17). The van der Waals surface area contributed by atoms with Gasteiger partial charge < -0.3 is 10.8 Å². The number of carbonyl (C=O) groups is 2. The molecule has 2 unspecified atom stereocenters. The number of piperidine rings is 1. The number of nitrogens with zero attached hydrogens (tertiary/aromatic N) is 1. The molecule has 0 spiro atoms. The van der Waals surface area contributed by atoms with Gasteiger partial charge in [-0.25, -0.2) is 0 Å². The minimum atomic E-state index is -0.788. The highest BCUT2D eigenvalue weighted by atomic mass is 16.4. The van der Waals surface area contributed by atoms with E-state index >= 15 is 0 Å². The van der Waals surface area contributed by atoms with Crippen LogP contribution in [-0.4, -0.2) is 41.0 Å². The second-order valence-electron chi connectivity index (χ2n) is 4.73. The molecule has 1 heterocycles. The highest BCUT2D eigenvalue weighted by Gasteiger charge is 2.31. The highest BCUT2D eigenvalue weighted by Crippen LogP contribution is 2.20. The van der Waals surface area contributed by atoms with Crippen molar-refractivity contribution in [1.82, 2.24) is 4.90 Å². The van der Waals surface area contributed by atoms with Gasteiger partial charge in [0.2, 0.25) is 5.91 Å². The van der Waals surface area contributed by atoms with Crippen molar-refractivity contribution in [2.45, 2.75) is 45.1 Å². The largest absolute Gasteiger partial charge is 0.480 e. The first-order chi connectivity index (χ1) is 8.06. The van der Waals surface area contributed by atoms with E-state index in [9.17, 15) is 14.7 Å².